The minimum Gasteiger partial charge on any atom is -0.293 e. The van der Waals surface area contributed by atoms with E-state index in [1.54, 1.807) is 24.1 Å². The van der Waals surface area contributed by atoms with Gasteiger partial charge in [-0.1, -0.05) is 15.9 Å². The normalized spacial score (nSPS) is 8.91. The van der Waals surface area contributed by atoms with Gasteiger partial charge < -0.3 is 0 Å². The summed E-state index contributed by atoms with van der Waals surface area (Å²) < 4.78 is 1.61. The van der Waals surface area contributed by atoms with E-state index < -0.39 is 0 Å². The Kier molecular flexibility index (Phi) is 4.60. The quantitative estimate of drug-likeness (QED) is 0.610. The van der Waals surface area contributed by atoms with Gasteiger partial charge in [-0.3, -0.25) is 9.48 Å². The van der Waals surface area contributed by atoms with Gasteiger partial charge >= 0.3 is 0 Å². The molecule has 0 atom stereocenters. The summed E-state index contributed by atoms with van der Waals surface area (Å²) in [6.45, 7) is 0. The van der Waals surface area contributed by atoms with E-state index in [2.05, 4.69) is 21.0 Å². The van der Waals surface area contributed by atoms with Crippen LogP contribution < -0.4 is 0 Å². The van der Waals surface area contributed by atoms with Gasteiger partial charge in [0.2, 0.25) is 0 Å². The van der Waals surface area contributed by atoms with Gasteiger partial charge in [-0.25, -0.2) is 0 Å². The number of nitrogens with zero attached hydrogens (tertiary/aromatic N) is 2. The predicted octanol–water partition coefficient (Wildman–Crippen LogP) is 1.58. The molecule has 1 aromatic heterocycles. The van der Waals surface area contributed by atoms with Crippen molar-refractivity contribution in [2.24, 2.45) is 7.05 Å². The molecule has 1 aromatic rings. The van der Waals surface area contributed by atoms with Crippen LogP contribution in [0, 0.1) is 0 Å². The molecule has 0 aliphatic rings. The maximum atomic E-state index is 10.9. The molecule has 0 fully saturated rings. The van der Waals surface area contributed by atoms with Crippen LogP contribution in [0.5, 0.6) is 0 Å². The second-order valence-electron chi connectivity index (χ2n) is 1.96. The van der Waals surface area contributed by atoms with Crippen molar-refractivity contribution in [2.45, 2.75) is 0 Å². The first-order valence-electron chi connectivity index (χ1n) is 2.82. The van der Waals surface area contributed by atoms with Gasteiger partial charge in [0, 0.05) is 13.2 Å². The highest BCUT2D eigenvalue weighted by atomic mass is 79.9. The number of halogens is 2. The number of hydrogen-bond acceptors (Lipinski definition) is 2. The fourth-order valence-corrected chi connectivity index (χ4v) is 0.966. The Labute approximate surface area is 83.7 Å². The highest BCUT2D eigenvalue weighted by Crippen LogP contribution is 1.99. The number of carbonyl (C=O) groups is 1. The standard InChI is InChI=1S/C6H7BrN2O.BrH/c1-9-4-5(3-8-9)6(10)2-7;/h3-4H,2H2,1H3;1H. The average molecular weight is 284 g/mol. The average Bonchev–Trinajstić information content (AvgIpc) is 2.34. The van der Waals surface area contributed by atoms with Crippen molar-refractivity contribution >= 4 is 38.7 Å². The van der Waals surface area contributed by atoms with Crippen molar-refractivity contribution in [2.75, 3.05) is 5.33 Å². The van der Waals surface area contributed by atoms with E-state index in [1.165, 1.54) is 0 Å². The van der Waals surface area contributed by atoms with Gasteiger partial charge in [0.1, 0.15) is 0 Å². The van der Waals surface area contributed by atoms with Crippen molar-refractivity contribution in [3.05, 3.63) is 18.0 Å². The molecular weight excluding hydrogens is 276 g/mol. The second-order valence-corrected chi connectivity index (χ2v) is 2.52. The van der Waals surface area contributed by atoms with E-state index in [0.29, 0.717) is 10.9 Å². The lowest BCUT2D eigenvalue weighted by atomic mass is 10.3. The summed E-state index contributed by atoms with van der Waals surface area (Å²) in [6, 6.07) is 0. The number of alkyl halides is 1. The van der Waals surface area contributed by atoms with E-state index in [1.807, 2.05) is 0 Å². The van der Waals surface area contributed by atoms with E-state index in [9.17, 15) is 4.79 Å². The maximum absolute atomic E-state index is 10.9. The molecule has 0 N–H and O–H groups in total. The summed E-state index contributed by atoms with van der Waals surface area (Å²) in [6.07, 6.45) is 3.26. The van der Waals surface area contributed by atoms with Crippen LogP contribution in [0.3, 0.4) is 0 Å². The summed E-state index contributed by atoms with van der Waals surface area (Å²) in [4.78, 5) is 10.9. The van der Waals surface area contributed by atoms with Crippen molar-refractivity contribution < 1.29 is 4.79 Å². The zero-order valence-electron chi connectivity index (χ0n) is 5.95. The van der Waals surface area contributed by atoms with Crippen LogP contribution in [0.4, 0.5) is 0 Å². The Bertz CT molecular complexity index is 246. The van der Waals surface area contributed by atoms with Gasteiger partial charge in [0.25, 0.3) is 0 Å². The number of carbonyl (C=O) groups excluding carboxylic acids is 1. The molecule has 0 saturated carbocycles. The minimum atomic E-state index is 0. The van der Waals surface area contributed by atoms with Crippen LogP contribution in [0.1, 0.15) is 10.4 Å². The van der Waals surface area contributed by atoms with Crippen LogP contribution in [-0.2, 0) is 7.05 Å². The first-order valence-corrected chi connectivity index (χ1v) is 3.94. The summed E-state index contributed by atoms with van der Waals surface area (Å²) >= 11 is 3.07. The third-order valence-electron chi connectivity index (χ3n) is 1.15. The Morgan fingerprint density at radius 2 is 2.45 bits per heavy atom. The van der Waals surface area contributed by atoms with E-state index in [0.717, 1.165) is 0 Å². The number of aryl methyl sites for hydroxylation is 1. The van der Waals surface area contributed by atoms with Crippen LogP contribution >= 0.6 is 32.9 Å². The fraction of sp³-hybridized carbons (Fsp3) is 0.333. The molecule has 62 valence electrons. The lowest BCUT2D eigenvalue weighted by molar-refractivity contribution is 0.102. The lowest BCUT2D eigenvalue weighted by Gasteiger charge is -1.86. The Morgan fingerprint density at radius 1 is 1.82 bits per heavy atom. The second kappa shape index (κ2) is 4.66. The minimum absolute atomic E-state index is 0. The molecule has 0 aliphatic carbocycles. The molecular formula is C6H8Br2N2O. The van der Waals surface area contributed by atoms with Crippen molar-refractivity contribution in [3.8, 4) is 0 Å². The Balaban J connectivity index is 0.000001000. The number of hydrogen-bond donors (Lipinski definition) is 0. The maximum Gasteiger partial charge on any atom is 0.176 e. The van der Waals surface area contributed by atoms with Crippen molar-refractivity contribution in [1.82, 2.24) is 9.78 Å². The van der Waals surface area contributed by atoms with Gasteiger partial charge in [-0.2, -0.15) is 5.10 Å². The molecule has 1 rings (SSSR count). The zero-order chi connectivity index (χ0) is 7.56. The van der Waals surface area contributed by atoms with Gasteiger partial charge in [-0.05, 0) is 0 Å². The van der Waals surface area contributed by atoms with Crippen LogP contribution in [0.2, 0.25) is 0 Å². The molecule has 5 heteroatoms. The van der Waals surface area contributed by atoms with E-state index >= 15 is 0 Å². The summed E-state index contributed by atoms with van der Waals surface area (Å²) in [7, 11) is 1.78. The first kappa shape index (κ1) is 10.8. The molecule has 11 heavy (non-hydrogen) atoms. The largest absolute Gasteiger partial charge is 0.293 e. The highest BCUT2D eigenvalue weighted by molar-refractivity contribution is 9.09. The molecule has 0 aliphatic heterocycles. The van der Waals surface area contributed by atoms with Crippen molar-refractivity contribution in [3.63, 3.8) is 0 Å². The number of rotatable bonds is 2. The smallest absolute Gasteiger partial charge is 0.176 e. The van der Waals surface area contributed by atoms with E-state index in [-0.39, 0.29) is 22.8 Å². The fourth-order valence-electron chi connectivity index (χ4n) is 0.642. The predicted molar refractivity (Wildman–Crippen MR) is 51.7 cm³/mol. The van der Waals surface area contributed by atoms with Crippen molar-refractivity contribution in [1.29, 1.82) is 0 Å². The Morgan fingerprint density at radius 3 is 2.82 bits per heavy atom. The summed E-state index contributed by atoms with van der Waals surface area (Å²) in [5.74, 6) is 0.0631. The molecule has 0 bridgehead atoms. The third-order valence-corrected chi connectivity index (χ3v) is 1.66. The van der Waals surface area contributed by atoms with Crippen LogP contribution in [-0.4, -0.2) is 20.9 Å². The van der Waals surface area contributed by atoms with Gasteiger partial charge in [0.15, 0.2) is 5.78 Å². The third kappa shape index (κ3) is 2.75. The molecule has 1 heterocycles. The SMILES string of the molecule is Br.Cn1cc(C(=O)CBr)cn1. The monoisotopic (exact) mass is 282 g/mol. The Hall–Kier alpha value is -0.160. The lowest BCUT2D eigenvalue weighted by Crippen LogP contribution is -1.97. The zero-order valence-corrected chi connectivity index (χ0v) is 9.25. The van der Waals surface area contributed by atoms with Gasteiger partial charge in [-0.15, -0.1) is 17.0 Å². The molecule has 0 saturated heterocycles. The summed E-state index contributed by atoms with van der Waals surface area (Å²) in [5.41, 5.74) is 0.652. The number of Topliss-reactive ketones (excluding diaryl/α,β-unsaturated/α-hetero) is 1. The van der Waals surface area contributed by atoms with Gasteiger partial charge in [0.05, 0.1) is 17.1 Å². The molecule has 0 spiro atoms. The molecule has 0 aromatic carbocycles. The van der Waals surface area contributed by atoms with Crippen LogP contribution in [0.15, 0.2) is 12.4 Å². The first-order chi connectivity index (χ1) is 4.74. The topological polar surface area (TPSA) is 34.9 Å². The molecule has 0 radical (unpaired) electrons. The van der Waals surface area contributed by atoms with Crippen LogP contribution in [0.25, 0.3) is 0 Å². The highest BCUT2D eigenvalue weighted by Gasteiger charge is 2.04. The van der Waals surface area contributed by atoms with E-state index in [4.69, 9.17) is 0 Å². The molecule has 3 nitrogen and oxygen atoms in total. The number of ketones is 1. The molecule has 0 amide bonds. The molecule has 0 unspecified atom stereocenters. The number of aromatic nitrogens is 2. The summed E-state index contributed by atoms with van der Waals surface area (Å²) in [5, 5.41) is 4.22.